The average molecular weight is 267 g/mol. The molecule has 4 nitrogen and oxygen atoms in total. The number of hydrogen-bond donors (Lipinski definition) is 1. The first-order valence-corrected chi connectivity index (χ1v) is 7.18. The van der Waals surface area contributed by atoms with Gasteiger partial charge in [-0.3, -0.25) is 10.1 Å². The van der Waals surface area contributed by atoms with Crippen LogP contribution in [0.3, 0.4) is 0 Å². The number of nitro benzene ring substituents is 1. The first kappa shape index (κ1) is 13.4. The molecular weight excluding hydrogens is 250 g/mol. The van der Waals surface area contributed by atoms with E-state index in [1.54, 1.807) is 18.2 Å². The Hall–Kier alpha value is -1.07. The van der Waals surface area contributed by atoms with E-state index in [1.807, 2.05) is 0 Å². The zero-order valence-electron chi connectivity index (χ0n) is 10.2. The third-order valence-corrected chi connectivity index (χ3v) is 4.68. The van der Waals surface area contributed by atoms with Crippen LogP contribution in [0, 0.1) is 10.1 Å². The topological polar surface area (TPSA) is 63.4 Å². The van der Waals surface area contributed by atoms with E-state index in [4.69, 9.17) is 0 Å². The lowest BCUT2D eigenvalue weighted by atomic mass is 9.86. The average Bonchev–Trinajstić information content (AvgIpc) is 2.38. The Bertz CT molecular complexity index is 430. The summed E-state index contributed by atoms with van der Waals surface area (Å²) in [6.07, 6.45) is 4.89. The summed E-state index contributed by atoms with van der Waals surface area (Å²) in [7, 11) is 0. The van der Waals surface area contributed by atoms with Crippen LogP contribution in [0.5, 0.6) is 0 Å². The summed E-state index contributed by atoms with van der Waals surface area (Å²) >= 11 is 1.39. The highest BCUT2D eigenvalue weighted by Crippen LogP contribution is 2.36. The molecule has 1 fully saturated rings. The van der Waals surface area contributed by atoms with Gasteiger partial charge in [-0.25, -0.2) is 0 Å². The van der Waals surface area contributed by atoms with Gasteiger partial charge >= 0.3 is 0 Å². The minimum absolute atomic E-state index is 0.127. The lowest BCUT2D eigenvalue weighted by molar-refractivity contribution is -0.387. The zero-order chi connectivity index (χ0) is 13.0. The maximum absolute atomic E-state index is 10.9. The molecule has 0 unspecified atom stereocenters. The van der Waals surface area contributed by atoms with Gasteiger partial charge in [-0.1, -0.05) is 31.4 Å². The number of para-hydroxylation sites is 1. The molecule has 0 bridgehead atoms. The number of rotatable bonds is 4. The molecule has 1 aliphatic rings. The molecule has 0 heterocycles. The summed E-state index contributed by atoms with van der Waals surface area (Å²) in [6.45, 7) is 0. The van der Waals surface area contributed by atoms with Crippen LogP contribution < -0.4 is 0 Å². The maximum atomic E-state index is 10.9. The second-order valence-electron chi connectivity index (χ2n) is 4.80. The van der Waals surface area contributed by atoms with Gasteiger partial charge in [0, 0.05) is 11.8 Å². The van der Waals surface area contributed by atoms with Gasteiger partial charge in [0.05, 0.1) is 15.4 Å². The Morgan fingerprint density at radius 1 is 1.28 bits per heavy atom. The smallest absolute Gasteiger partial charge is 0.282 e. The maximum Gasteiger partial charge on any atom is 0.282 e. The molecule has 0 amide bonds. The van der Waals surface area contributed by atoms with Crippen LogP contribution in [-0.4, -0.2) is 21.4 Å². The predicted molar refractivity (Wildman–Crippen MR) is 71.9 cm³/mol. The summed E-state index contributed by atoms with van der Waals surface area (Å²) < 4.78 is 0. The van der Waals surface area contributed by atoms with E-state index in [2.05, 4.69) is 0 Å². The highest BCUT2D eigenvalue weighted by atomic mass is 32.2. The lowest BCUT2D eigenvalue weighted by Crippen LogP contribution is -2.33. The van der Waals surface area contributed by atoms with Crippen LogP contribution in [0.15, 0.2) is 29.2 Å². The Morgan fingerprint density at radius 2 is 1.94 bits per heavy atom. The van der Waals surface area contributed by atoms with Crippen LogP contribution >= 0.6 is 11.8 Å². The van der Waals surface area contributed by atoms with Gasteiger partial charge in [-0.2, -0.15) is 0 Å². The van der Waals surface area contributed by atoms with Gasteiger partial charge in [0.1, 0.15) is 0 Å². The fourth-order valence-corrected chi connectivity index (χ4v) is 3.47. The summed E-state index contributed by atoms with van der Waals surface area (Å²) in [6, 6.07) is 6.71. The molecular formula is C13H17NO3S. The van der Waals surface area contributed by atoms with Crippen molar-refractivity contribution in [3.63, 3.8) is 0 Å². The van der Waals surface area contributed by atoms with Crippen LogP contribution in [0.2, 0.25) is 0 Å². The highest BCUT2D eigenvalue weighted by Gasteiger charge is 2.30. The number of hydrogen-bond acceptors (Lipinski definition) is 4. The molecule has 0 aliphatic heterocycles. The van der Waals surface area contributed by atoms with Crippen molar-refractivity contribution in [1.29, 1.82) is 0 Å². The van der Waals surface area contributed by atoms with Crippen molar-refractivity contribution in [2.24, 2.45) is 0 Å². The summed E-state index contributed by atoms with van der Waals surface area (Å²) in [4.78, 5) is 11.2. The van der Waals surface area contributed by atoms with Crippen molar-refractivity contribution < 1.29 is 10.0 Å². The second kappa shape index (κ2) is 5.71. The van der Waals surface area contributed by atoms with E-state index in [9.17, 15) is 15.2 Å². The molecule has 0 spiro atoms. The van der Waals surface area contributed by atoms with Gasteiger partial charge in [0.25, 0.3) is 5.69 Å². The standard InChI is InChI=1S/C13H17NO3S/c15-13(8-4-1-5-9-13)10-18-12-7-3-2-6-11(12)14(16)17/h2-3,6-7,15H,1,4-5,8-10H2. The van der Waals surface area contributed by atoms with Crippen molar-refractivity contribution in [2.75, 3.05) is 5.75 Å². The molecule has 0 atom stereocenters. The Balaban J connectivity index is 2.03. The number of nitro groups is 1. The van der Waals surface area contributed by atoms with Crippen molar-refractivity contribution in [3.8, 4) is 0 Å². The zero-order valence-corrected chi connectivity index (χ0v) is 11.0. The third kappa shape index (κ3) is 3.23. The van der Waals surface area contributed by atoms with E-state index in [-0.39, 0.29) is 10.6 Å². The molecule has 98 valence electrons. The Morgan fingerprint density at radius 3 is 2.61 bits per heavy atom. The molecule has 2 rings (SSSR count). The monoisotopic (exact) mass is 267 g/mol. The number of aliphatic hydroxyl groups is 1. The first-order valence-electron chi connectivity index (χ1n) is 6.19. The normalized spacial score (nSPS) is 18.5. The molecule has 18 heavy (non-hydrogen) atoms. The minimum atomic E-state index is -0.646. The van der Waals surface area contributed by atoms with E-state index >= 15 is 0 Å². The largest absolute Gasteiger partial charge is 0.389 e. The number of thioether (sulfide) groups is 1. The van der Waals surface area contributed by atoms with Crippen LogP contribution in [0.25, 0.3) is 0 Å². The molecule has 0 radical (unpaired) electrons. The van der Waals surface area contributed by atoms with Crippen molar-refractivity contribution in [2.45, 2.75) is 42.6 Å². The molecule has 1 aromatic carbocycles. The van der Waals surface area contributed by atoms with E-state index < -0.39 is 5.60 Å². The SMILES string of the molecule is O=[N+]([O-])c1ccccc1SCC1(O)CCCCC1. The van der Waals surface area contributed by atoms with Crippen molar-refractivity contribution in [3.05, 3.63) is 34.4 Å². The summed E-state index contributed by atoms with van der Waals surface area (Å²) in [5, 5.41) is 21.3. The summed E-state index contributed by atoms with van der Waals surface area (Å²) in [5.41, 5.74) is -0.519. The van der Waals surface area contributed by atoms with E-state index in [0.717, 1.165) is 25.7 Å². The van der Waals surface area contributed by atoms with Gasteiger partial charge in [0.2, 0.25) is 0 Å². The van der Waals surface area contributed by atoms with Gasteiger partial charge in [0.15, 0.2) is 0 Å². The van der Waals surface area contributed by atoms with Crippen LogP contribution in [-0.2, 0) is 0 Å². The van der Waals surface area contributed by atoms with E-state index in [0.29, 0.717) is 10.6 Å². The lowest BCUT2D eigenvalue weighted by Gasteiger charge is -2.31. The molecule has 1 saturated carbocycles. The van der Waals surface area contributed by atoms with Crippen LogP contribution in [0.4, 0.5) is 5.69 Å². The van der Waals surface area contributed by atoms with Crippen molar-refractivity contribution in [1.82, 2.24) is 0 Å². The first-order chi connectivity index (χ1) is 8.61. The Kier molecular flexibility index (Phi) is 4.24. The highest BCUT2D eigenvalue weighted by molar-refractivity contribution is 7.99. The molecule has 5 heteroatoms. The van der Waals surface area contributed by atoms with Gasteiger partial charge in [-0.05, 0) is 18.9 Å². The summed E-state index contributed by atoms with van der Waals surface area (Å²) in [5.74, 6) is 0.540. The second-order valence-corrected chi connectivity index (χ2v) is 5.82. The fourth-order valence-electron chi connectivity index (χ4n) is 2.30. The minimum Gasteiger partial charge on any atom is -0.389 e. The Labute approximate surface area is 111 Å². The molecule has 1 aromatic rings. The molecule has 1 N–H and O–H groups in total. The van der Waals surface area contributed by atoms with E-state index in [1.165, 1.54) is 24.2 Å². The number of benzene rings is 1. The predicted octanol–water partition coefficient (Wildman–Crippen LogP) is 3.38. The van der Waals surface area contributed by atoms with Crippen molar-refractivity contribution >= 4 is 17.4 Å². The molecule has 0 aromatic heterocycles. The third-order valence-electron chi connectivity index (χ3n) is 3.34. The number of nitrogens with zero attached hydrogens (tertiary/aromatic N) is 1. The molecule has 1 aliphatic carbocycles. The van der Waals surface area contributed by atoms with Gasteiger partial charge < -0.3 is 5.11 Å². The fraction of sp³-hybridized carbons (Fsp3) is 0.538. The van der Waals surface area contributed by atoms with Gasteiger partial charge in [-0.15, -0.1) is 11.8 Å². The quantitative estimate of drug-likeness (QED) is 0.516. The molecule has 0 saturated heterocycles. The van der Waals surface area contributed by atoms with Crippen LogP contribution in [0.1, 0.15) is 32.1 Å².